The number of halogens is 1. The lowest BCUT2D eigenvalue weighted by Gasteiger charge is -2.13. The third-order valence-electron chi connectivity index (χ3n) is 2.50. The number of ether oxygens (including phenoxy) is 2. The van der Waals surface area contributed by atoms with Crippen LogP contribution in [-0.2, 0) is 6.61 Å². The highest BCUT2D eigenvalue weighted by molar-refractivity contribution is 6.32. The van der Waals surface area contributed by atoms with E-state index in [1.165, 1.54) is 0 Å². The molecule has 0 radical (unpaired) electrons. The molecule has 0 aromatic heterocycles. The SMILES string of the molecule is COc1ccccc1Oc1c(Cl)cccc1CO. The third-order valence-corrected chi connectivity index (χ3v) is 2.80. The lowest BCUT2D eigenvalue weighted by molar-refractivity contribution is 0.276. The molecule has 1 N–H and O–H groups in total. The van der Waals surface area contributed by atoms with Gasteiger partial charge in [0.1, 0.15) is 0 Å². The average molecular weight is 265 g/mol. The first-order valence-corrected chi connectivity index (χ1v) is 5.83. The number of aliphatic hydroxyl groups excluding tert-OH is 1. The molecule has 94 valence electrons. The Bertz CT molecular complexity index is 540. The van der Waals surface area contributed by atoms with Crippen molar-refractivity contribution in [1.29, 1.82) is 0 Å². The Morgan fingerprint density at radius 1 is 1.06 bits per heavy atom. The number of para-hydroxylation sites is 3. The minimum atomic E-state index is -0.134. The predicted molar refractivity (Wildman–Crippen MR) is 70.4 cm³/mol. The summed E-state index contributed by atoms with van der Waals surface area (Å²) in [4.78, 5) is 0. The molecule has 4 heteroatoms. The lowest BCUT2D eigenvalue weighted by Crippen LogP contribution is -1.94. The van der Waals surface area contributed by atoms with Crippen molar-refractivity contribution in [2.75, 3.05) is 7.11 Å². The first-order chi connectivity index (χ1) is 8.76. The van der Waals surface area contributed by atoms with Crippen LogP contribution in [0.25, 0.3) is 0 Å². The number of benzene rings is 2. The Kier molecular flexibility index (Phi) is 4.07. The molecule has 18 heavy (non-hydrogen) atoms. The molecule has 0 aliphatic rings. The van der Waals surface area contributed by atoms with Crippen LogP contribution in [0, 0.1) is 0 Å². The number of hydrogen-bond acceptors (Lipinski definition) is 3. The van der Waals surface area contributed by atoms with Crippen molar-refractivity contribution < 1.29 is 14.6 Å². The molecule has 0 amide bonds. The van der Waals surface area contributed by atoms with Gasteiger partial charge in [-0.15, -0.1) is 0 Å². The van der Waals surface area contributed by atoms with E-state index in [0.717, 1.165) is 0 Å². The van der Waals surface area contributed by atoms with Gasteiger partial charge in [0.05, 0.1) is 18.7 Å². The van der Waals surface area contributed by atoms with Crippen molar-refractivity contribution in [2.24, 2.45) is 0 Å². The van der Waals surface area contributed by atoms with E-state index in [4.69, 9.17) is 21.1 Å². The summed E-state index contributed by atoms with van der Waals surface area (Å²) in [6, 6.07) is 12.5. The minimum Gasteiger partial charge on any atom is -0.493 e. The highest BCUT2D eigenvalue weighted by atomic mass is 35.5. The van der Waals surface area contributed by atoms with Gasteiger partial charge >= 0.3 is 0 Å². The molecule has 2 aromatic rings. The zero-order valence-corrected chi connectivity index (χ0v) is 10.6. The van der Waals surface area contributed by atoms with Gasteiger partial charge in [0.15, 0.2) is 17.2 Å². The number of methoxy groups -OCH3 is 1. The van der Waals surface area contributed by atoms with Crippen LogP contribution in [-0.4, -0.2) is 12.2 Å². The van der Waals surface area contributed by atoms with Gasteiger partial charge in [0.25, 0.3) is 0 Å². The smallest absolute Gasteiger partial charge is 0.169 e. The van der Waals surface area contributed by atoms with E-state index in [-0.39, 0.29) is 6.61 Å². The number of aliphatic hydroxyl groups is 1. The third kappa shape index (κ3) is 2.58. The summed E-state index contributed by atoms with van der Waals surface area (Å²) >= 11 is 6.08. The summed E-state index contributed by atoms with van der Waals surface area (Å²) < 4.78 is 10.9. The standard InChI is InChI=1S/C14H13ClO3/c1-17-12-7-2-3-8-13(12)18-14-10(9-16)5-4-6-11(14)15/h2-8,16H,9H2,1H3. The fourth-order valence-corrected chi connectivity index (χ4v) is 1.84. The van der Waals surface area contributed by atoms with Crippen LogP contribution >= 0.6 is 11.6 Å². The van der Waals surface area contributed by atoms with Gasteiger partial charge in [-0.25, -0.2) is 0 Å². The summed E-state index contributed by atoms with van der Waals surface area (Å²) in [5.74, 6) is 1.62. The highest BCUT2D eigenvalue weighted by Gasteiger charge is 2.11. The van der Waals surface area contributed by atoms with Crippen LogP contribution in [0.2, 0.25) is 5.02 Å². The van der Waals surface area contributed by atoms with E-state index in [9.17, 15) is 5.11 Å². The molecule has 0 aliphatic heterocycles. The lowest BCUT2D eigenvalue weighted by atomic mass is 10.2. The maximum Gasteiger partial charge on any atom is 0.169 e. The Labute approximate surface area is 111 Å². The molecule has 3 nitrogen and oxygen atoms in total. The summed E-state index contributed by atoms with van der Waals surface area (Å²) in [6.45, 7) is -0.134. The van der Waals surface area contributed by atoms with E-state index in [2.05, 4.69) is 0 Å². The largest absolute Gasteiger partial charge is 0.493 e. The molecule has 0 saturated carbocycles. The van der Waals surface area contributed by atoms with Crippen LogP contribution < -0.4 is 9.47 Å². The molecular weight excluding hydrogens is 252 g/mol. The van der Waals surface area contributed by atoms with Gasteiger partial charge in [-0.3, -0.25) is 0 Å². The van der Waals surface area contributed by atoms with Gasteiger partial charge in [0.2, 0.25) is 0 Å². The van der Waals surface area contributed by atoms with Crippen molar-refractivity contribution >= 4 is 11.6 Å². The Morgan fingerprint density at radius 2 is 1.78 bits per heavy atom. The molecular formula is C14H13ClO3. The van der Waals surface area contributed by atoms with E-state index >= 15 is 0 Å². The predicted octanol–water partition coefficient (Wildman–Crippen LogP) is 3.63. The van der Waals surface area contributed by atoms with Gasteiger partial charge in [0, 0.05) is 5.56 Å². The van der Waals surface area contributed by atoms with Crippen LogP contribution in [0.3, 0.4) is 0 Å². The van der Waals surface area contributed by atoms with Crippen molar-refractivity contribution in [3.8, 4) is 17.2 Å². The number of hydrogen-bond donors (Lipinski definition) is 1. The van der Waals surface area contributed by atoms with Crippen LogP contribution in [0.4, 0.5) is 0 Å². The van der Waals surface area contributed by atoms with E-state index < -0.39 is 0 Å². The van der Waals surface area contributed by atoms with Gasteiger partial charge in [-0.05, 0) is 18.2 Å². The van der Waals surface area contributed by atoms with E-state index in [1.807, 2.05) is 12.1 Å². The van der Waals surface area contributed by atoms with Gasteiger partial charge < -0.3 is 14.6 Å². The normalized spacial score (nSPS) is 10.2. The van der Waals surface area contributed by atoms with Crippen molar-refractivity contribution in [3.05, 3.63) is 53.1 Å². The molecule has 0 fully saturated rings. The van der Waals surface area contributed by atoms with Crippen molar-refractivity contribution in [2.45, 2.75) is 6.61 Å². The maximum absolute atomic E-state index is 9.28. The fourth-order valence-electron chi connectivity index (χ4n) is 1.61. The zero-order valence-electron chi connectivity index (χ0n) is 9.89. The molecule has 2 rings (SSSR count). The summed E-state index contributed by atoms with van der Waals surface area (Å²) in [7, 11) is 1.57. The monoisotopic (exact) mass is 264 g/mol. The number of rotatable bonds is 4. The zero-order chi connectivity index (χ0) is 13.0. The Hall–Kier alpha value is -1.71. The molecule has 0 bridgehead atoms. The molecule has 0 atom stereocenters. The first kappa shape index (κ1) is 12.7. The maximum atomic E-state index is 9.28. The Morgan fingerprint density at radius 3 is 2.44 bits per heavy atom. The second-order valence-corrected chi connectivity index (χ2v) is 4.05. The summed E-state index contributed by atoms with van der Waals surface area (Å²) in [5, 5.41) is 9.73. The molecule has 2 aromatic carbocycles. The van der Waals surface area contributed by atoms with Crippen LogP contribution in [0.5, 0.6) is 17.2 Å². The fraction of sp³-hybridized carbons (Fsp3) is 0.143. The minimum absolute atomic E-state index is 0.134. The summed E-state index contributed by atoms with van der Waals surface area (Å²) in [5.41, 5.74) is 0.633. The quantitative estimate of drug-likeness (QED) is 0.916. The average Bonchev–Trinajstić information content (AvgIpc) is 2.41. The van der Waals surface area contributed by atoms with Gasteiger partial charge in [-0.1, -0.05) is 35.9 Å². The summed E-state index contributed by atoms with van der Waals surface area (Å²) in [6.07, 6.45) is 0. The molecule has 0 saturated heterocycles. The molecule has 0 aliphatic carbocycles. The van der Waals surface area contributed by atoms with Crippen LogP contribution in [0.1, 0.15) is 5.56 Å². The second kappa shape index (κ2) is 5.76. The molecule has 0 spiro atoms. The van der Waals surface area contributed by atoms with Gasteiger partial charge in [-0.2, -0.15) is 0 Å². The van der Waals surface area contributed by atoms with E-state index in [1.54, 1.807) is 37.4 Å². The first-order valence-electron chi connectivity index (χ1n) is 5.45. The van der Waals surface area contributed by atoms with Crippen molar-refractivity contribution in [3.63, 3.8) is 0 Å². The topological polar surface area (TPSA) is 38.7 Å². The Balaban J connectivity index is 2.39. The van der Waals surface area contributed by atoms with Crippen LogP contribution in [0.15, 0.2) is 42.5 Å². The highest BCUT2D eigenvalue weighted by Crippen LogP contribution is 2.36. The van der Waals surface area contributed by atoms with Crippen molar-refractivity contribution in [1.82, 2.24) is 0 Å². The second-order valence-electron chi connectivity index (χ2n) is 3.64. The molecule has 0 unspecified atom stereocenters. The molecule has 0 heterocycles. The van der Waals surface area contributed by atoms with E-state index in [0.29, 0.717) is 27.8 Å².